The van der Waals surface area contributed by atoms with Gasteiger partial charge in [0.15, 0.2) is 0 Å². The fourth-order valence-corrected chi connectivity index (χ4v) is 1.92. The molecule has 0 amide bonds. The van der Waals surface area contributed by atoms with Crippen molar-refractivity contribution in [1.29, 1.82) is 0 Å². The fourth-order valence-electron chi connectivity index (χ4n) is 1.92. The summed E-state index contributed by atoms with van der Waals surface area (Å²) in [4.78, 5) is 4.41. The van der Waals surface area contributed by atoms with Crippen molar-refractivity contribution < 1.29 is 0 Å². The van der Waals surface area contributed by atoms with Gasteiger partial charge in [-0.15, -0.1) is 0 Å². The van der Waals surface area contributed by atoms with E-state index in [0.29, 0.717) is 18.5 Å². The van der Waals surface area contributed by atoms with Crippen molar-refractivity contribution >= 4 is 0 Å². The number of hydrogen-bond donors (Lipinski definition) is 1. The summed E-state index contributed by atoms with van der Waals surface area (Å²) in [6.45, 7) is 11.6. The van der Waals surface area contributed by atoms with E-state index in [1.807, 2.05) is 12.4 Å². The van der Waals surface area contributed by atoms with Crippen LogP contribution in [0.4, 0.5) is 0 Å². The Bertz CT molecular complexity index is 307. The van der Waals surface area contributed by atoms with Crippen molar-refractivity contribution in [3.63, 3.8) is 0 Å². The molecule has 0 aliphatic carbocycles. The van der Waals surface area contributed by atoms with Crippen molar-refractivity contribution in [2.45, 2.75) is 46.6 Å². The number of imidazole rings is 1. The molecule has 86 valence electrons. The van der Waals surface area contributed by atoms with E-state index in [9.17, 15) is 0 Å². The van der Waals surface area contributed by atoms with Crippen LogP contribution in [-0.2, 0) is 0 Å². The van der Waals surface area contributed by atoms with Crippen molar-refractivity contribution in [2.24, 2.45) is 11.1 Å². The van der Waals surface area contributed by atoms with E-state index < -0.39 is 0 Å². The maximum Gasteiger partial charge on any atom is 0.111 e. The number of nitrogens with two attached hydrogens (primary N) is 1. The van der Waals surface area contributed by atoms with Gasteiger partial charge >= 0.3 is 0 Å². The summed E-state index contributed by atoms with van der Waals surface area (Å²) in [5.41, 5.74) is 6.04. The van der Waals surface area contributed by atoms with Crippen LogP contribution in [0.3, 0.4) is 0 Å². The molecule has 0 bridgehead atoms. The number of hydrogen-bond acceptors (Lipinski definition) is 2. The zero-order chi connectivity index (χ0) is 11.6. The van der Waals surface area contributed by atoms with Gasteiger partial charge in [-0.2, -0.15) is 0 Å². The molecule has 3 nitrogen and oxygen atoms in total. The third-order valence-electron chi connectivity index (χ3n) is 2.77. The summed E-state index contributed by atoms with van der Waals surface area (Å²) in [5.74, 6) is 1.57. The molecule has 1 atom stereocenters. The standard InChI is InChI=1S/C12H23N3/c1-9(2)11-14-6-7-15(11)10(8-13)12(3,4)5/h6-7,9-10H,8,13H2,1-5H3. The van der Waals surface area contributed by atoms with E-state index in [1.54, 1.807) is 0 Å². The van der Waals surface area contributed by atoms with Gasteiger partial charge in [-0.25, -0.2) is 4.98 Å². The van der Waals surface area contributed by atoms with E-state index in [4.69, 9.17) is 5.73 Å². The normalized spacial score (nSPS) is 14.6. The fraction of sp³-hybridized carbons (Fsp3) is 0.750. The molecule has 15 heavy (non-hydrogen) atoms. The van der Waals surface area contributed by atoms with Crippen LogP contribution >= 0.6 is 0 Å². The minimum atomic E-state index is 0.166. The molecule has 2 N–H and O–H groups in total. The Morgan fingerprint density at radius 3 is 2.40 bits per heavy atom. The van der Waals surface area contributed by atoms with Crippen LogP contribution in [0.5, 0.6) is 0 Å². The molecule has 0 aliphatic rings. The van der Waals surface area contributed by atoms with E-state index >= 15 is 0 Å². The molecule has 1 heterocycles. The summed E-state index contributed by atoms with van der Waals surface area (Å²) in [6, 6.07) is 0.317. The largest absolute Gasteiger partial charge is 0.330 e. The minimum Gasteiger partial charge on any atom is -0.330 e. The lowest BCUT2D eigenvalue weighted by Crippen LogP contribution is -2.32. The second-order valence-corrected chi connectivity index (χ2v) is 5.46. The van der Waals surface area contributed by atoms with Crippen LogP contribution in [0.25, 0.3) is 0 Å². The van der Waals surface area contributed by atoms with Gasteiger partial charge in [0.2, 0.25) is 0 Å². The first-order chi connectivity index (χ1) is 6.88. The smallest absolute Gasteiger partial charge is 0.111 e. The molecule has 1 aromatic rings. The highest BCUT2D eigenvalue weighted by molar-refractivity contribution is 5.02. The van der Waals surface area contributed by atoms with Gasteiger partial charge in [-0.05, 0) is 5.41 Å². The highest BCUT2D eigenvalue weighted by Gasteiger charge is 2.26. The second kappa shape index (κ2) is 4.35. The van der Waals surface area contributed by atoms with Crippen LogP contribution in [0, 0.1) is 5.41 Å². The van der Waals surface area contributed by atoms with Crippen LogP contribution in [0.15, 0.2) is 12.4 Å². The minimum absolute atomic E-state index is 0.166. The van der Waals surface area contributed by atoms with Crippen molar-refractivity contribution in [2.75, 3.05) is 6.54 Å². The molecule has 0 saturated heterocycles. The summed E-state index contributed by atoms with van der Waals surface area (Å²) >= 11 is 0. The highest BCUT2D eigenvalue weighted by Crippen LogP contribution is 2.31. The Balaban J connectivity index is 3.07. The topological polar surface area (TPSA) is 43.8 Å². The molecular formula is C12H23N3. The lowest BCUT2D eigenvalue weighted by molar-refractivity contribution is 0.242. The number of rotatable bonds is 3. The monoisotopic (exact) mass is 209 g/mol. The first-order valence-corrected chi connectivity index (χ1v) is 5.60. The van der Waals surface area contributed by atoms with E-state index in [1.165, 1.54) is 0 Å². The average Bonchev–Trinajstić information content (AvgIpc) is 2.51. The third kappa shape index (κ3) is 2.59. The van der Waals surface area contributed by atoms with Crippen LogP contribution in [0.1, 0.15) is 52.4 Å². The summed E-state index contributed by atoms with van der Waals surface area (Å²) in [6.07, 6.45) is 3.90. The van der Waals surface area contributed by atoms with E-state index in [-0.39, 0.29) is 5.41 Å². The second-order valence-electron chi connectivity index (χ2n) is 5.46. The van der Waals surface area contributed by atoms with Crippen LogP contribution < -0.4 is 5.73 Å². The zero-order valence-corrected chi connectivity index (χ0v) is 10.5. The molecule has 0 saturated carbocycles. The lowest BCUT2D eigenvalue weighted by Gasteiger charge is -2.32. The SMILES string of the molecule is CC(C)c1nccn1C(CN)C(C)(C)C. The first-order valence-electron chi connectivity index (χ1n) is 5.60. The van der Waals surface area contributed by atoms with Crippen LogP contribution in [-0.4, -0.2) is 16.1 Å². The zero-order valence-electron chi connectivity index (χ0n) is 10.5. The summed E-state index contributed by atoms with van der Waals surface area (Å²) in [5, 5.41) is 0. The maximum atomic E-state index is 5.87. The maximum absolute atomic E-state index is 5.87. The molecule has 1 unspecified atom stereocenters. The average molecular weight is 209 g/mol. The van der Waals surface area contributed by atoms with Crippen molar-refractivity contribution in [3.05, 3.63) is 18.2 Å². The summed E-state index contributed by atoms with van der Waals surface area (Å²) in [7, 11) is 0. The van der Waals surface area contributed by atoms with Crippen molar-refractivity contribution in [1.82, 2.24) is 9.55 Å². The van der Waals surface area contributed by atoms with Gasteiger partial charge in [-0.1, -0.05) is 34.6 Å². The van der Waals surface area contributed by atoms with Gasteiger partial charge in [0.05, 0.1) is 6.04 Å². The van der Waals surface area contributed by atoms with Crippen molar-refractivity contribution in [3.8, 4) is 0 Å². The molecule has 0 aromatic carbocycles. The summed E-state index contributed by atoms with van der Waals surface area (Å²) < 4.78 is 2.23. The predicted molar refractivity (Wildman–Crippen MR) is 63.9 cm³/mol. The number of nitrogens with zero attached hydrogens (tertiary/aromatic N) is 2. The van der Waals surface area contributed by atoms with Gasteiger partial charge in [0.1, 0.15) is 5.82 Å². The molecule has 3 heteroatoms. The first kappa shape index (κ1) is 12.2. The van der Waals surface area contributed by atoms with E-state index in [0.717, 1.165) is 5.82 Å². The lowest BCUT2D eigenvalue weighted by atomic mass is 9.86. The quantitative estimate of drug-likeness (QED) is 0.831. The molecule has 0 spiro atoms. The Kier molecular flexibility index (Phi) is 3.55. The van der Waals surface area contributed by atoms with E-state index in [2.05, 4.69) is 44.2 Å². The third-order valence-corrected chi connectivity index (χ3v) is 2.77. The Morgan fingerprint density at radius 2 is 2.00 bits per heavy atom. The number of aromatic nitrogens is 2. The van der Waals surface area contributed by atoms with Gasteiger partial charge in [-0.3, -0.25) is 0 Å². The molecule has 0 radical (unpaired) electrons. The van der Waals surface area contributed by atoms with Gasteiger partial charge in [0.25, 0.3) is 0 Å². The highest BCUT2D eigenvalue weighted by atomic mass is 15.1. The van der Waals surface area contributed by atoms with Gasteiger partial charge < -0.3 is 10.3 Å². The van der Waals surface area contributed by atoms with Crippen LogP contribution in [0.2, 0.25) is 0 Å². The Hall–Kier alpha value is -0.830. The molecule has 1 aromatic heterocycles. The molecule has 1 rings (SSSR count). The van der Waals surface area contributed by atoms with Gasteiger partial charge in [0, 0.05) is 24.9 Å². The Labute approximate surface area is 92.7 Å². The molecule has 0 fully saturated rings. The Morgan fingerprint density at radius 1 is 1.40 bits per heavy atom. The molecular weight excluding hydrogens is 186 g/mol. The molecule has 0 aliphatic heterocycles. The predicted octanol–water partition coefficient (Wildman–Crippen LogP) is 2.55.